The van der Waals surface area contributed by atoms with Gasteiger partial charge in [-0.15, -0.1) is 11.3 Å². The second-order valence-corrected chi connectivity index (χ2v) is 9.51. The van der Waals surface area contributed by atoms with Crippen molar-refractivity contribution in [1.82, 2.24) is 9.88 Å². The fourth-order valence-electron chi connectivity index (χ4n) is 4.38. The Bertz CT molecular complexity index is 1150. The molecule has 7 heteroatoms. The van der Waals surface area contributed by atoms with Gasteiger partial charge < -0.3 is 14.5 Å². The van der Waals surface area contributed by atoms with E-state index in [0.29, 0.717) is 11.4 Å². The number of thiazole rings is 1. The number of ether oxygens (including phenoxy) is 1. The molecule has 0 bridgehead atoms. The van der Waals surface area contributed by atoms with Gasteiger partial charge in [0.2, 0.25) is 5.91 Å². The van der Waals surface area contributed by atoms with Crippen molar-refractivity contribution in [2.75, 3.05) is 24.5 Å². The van der Waals surface area contributed by atoms with Crippen molar-refractivity contribution in [2.45, 2.75) is 38.7 Å². The molecule has 3 aromatic rings. The lowest BCUT2D eigenvalue weighted by molar-refractivity contribution is -0.139. The number of anilines is 1. The number of piperidine rings is 1. The van der Waals surface area contributed by atoms with Gasteiger partial charge in [-0.05, 0) is 38.3 Å². The van der Waals surface area contributed by atoms with Gasteiger partial charge in [-0.3, -0.25) is 9.59 Å². The van der Waals surface area contributed by atoms with Gasteiger partial charge in [0.15, 0.2) is 6.10 Å². The summed E-state index contributed by atoms with van der Waals surface area (Å²) in [7, 11) is 0. The minimum Gasteiger partial charge on any atom is -0.476 e. The molecule has 1 fully saturated rings. The van der Waals surface area contributed by atoms with Gasteiger partial charge in [0.05, 0.1) is 24.3 Å². The van der Waals surface area contributed by atoms with E-state index in [2.05, 4.69) is 31.2 Å². The minimum atomic E-state index is -0.680. The molecule has 170 valence electrons. The predicted molar refractivity (Wildman–Crippen MR) is 130 cm³/mol. The van der Waals surface area contributed by atoms with E-state index in [9.17, 15) is 9.59 Å². The van der Waals surface area contributed by atoms with Crippen molar-refractivity contribution in [2.24, 2.45) is 0 Å². The molecule has 0 unspecified atom stereocenters. The van der Waals surface area contributed by atoms with Crippen LogP contribution in [0.5, 0.6) is 5.75 Å². The van der Waals surface area contributed by atoms with E-state index in [1.165, 1.54) is 16.9 Å². The van der Waals surface area contributed by atoms with Gasteiger partial charge in [-0.2, -0.15) is 0 Å². The van der Waals surface area contributed by atoms with Crippen molar-refractivity contribution in [3.8, 4) is 16.3 Å². The average Bonchev–Trinajstić information content (AvgIpc) is 3.32. The number of carbonyl (C=O) groups excluding carboxylic acids is 2. The number of nitrogens with zero attached hydrogens (tertiary/aromatic N) is 3. The lowest BCUT2D eigenvalue weighted by atomic mass is 10.1. The fourth-order valence-corrected chi connectivity index (χ4v) is 5.21. The number of likely N-dealkylation sites (tertiary alicyclic amines) is 1. The van der Waals surface area contributed by atoms with E-state index in [1.807, 2.05) is 34.5 Å². The van der Waals surface area contributed by atoms with E-state index >= 15 is 0 Å². The van der Waals surface area contributed by atoms with Crippen LogP contribution in [0.3, 0.4) is 0 Å². The summed E-state index contributed by atoms with van der Waals surface area (Å²) in [5.41, 5.74) is 3.70. The van der Waals surface area contributed by atoms with Gasteiger partial charge in [-0.25, -0.2) is 4.98 Å². The molecule has 3 heterocycles. The third kappa shape index (κ3) is 4.64. The first-order chi connectivity index (χ1) is 16.1. The molecule has 0 spiro atoms. The molecule has 5 rings (SSSR count). The highest BCUT2D eigenvalue weighted by atomic mass is 32.1. The zero-order chi connectivity index (χ0) is 22.8. The SMILES string of the molecule is Cc1ccc(-c2nc(CC(=O)N3C[C@@H](C(=O)N4CCCCC4)Oc4ccccc43)cs2)cc1. The third-order valence-corrected chi connectivity index (χ3v) is 7.14. The summed E-state index contributed by atoms with van der Waals surface area (Å²) in [4.78, 5) is 34.8. The Hall–Kier alpha value is -3.19. The van der Waals surface area contributed by atoms with Gasteiger partial charge >= 0.3 is 0 Å². The first kappa shape index (κ1) is 21.6. The first-order valence-electron chi connectivity index (χ1n) is 11.4. The molecule has 2 aromatic carbocycles. The maximum Gasteiger partial charge on any atom is 0.265 e. The summed E-state index contributed by atoms with van der Waals surface area (Å²) in [6.45, 7) is 3.79. The number of fused-ring (bicyclic) bond motifs is 1. The van der Waals surface area contributed by atoms with E-state index in [-0.39, 0.29) is 24.8 Å². The highest BCUT2D eigenvalue weighted by Crippen LogP contribution is 2.34. The molecule has 1 atom stereocenters. The minimum absolute atomic E-state index is 0.0303. The van der Waals surface area contributed by atoms with Gasteiger partial charge in [-0.1, -0.05) is 42.0 Å². The Kier molecular flexibility index (Phi) is 6.13. The van der Waals surface area contributed by atoms with E-state index in [1.54, 1.807) is 4.90 Å². The summed E-state index contributed by atoms with van der Waals surface area (Å²) in [6, 6.07) is 15.7. The molecule has 0 saturated carbocycles. The Morgan fingerprint density at radius 3 is 2.61 bits per heavy atom. The zero-order valence-corrected chi connectivity index (χ0v) is 19.5. The summed E-state index contributed by atoms with van der Waals surface area (Å²) in [5.74, 6) is 0.464. The average molecular weight is 462 g/mol. The normalized spacial score (nSPS) is 17.9. The molecule has 6 nitrogen and oxygen atoms in total. The highest BCUT2D eigenvalue weighted by Gasteiger charge is 2.36. The zero-order valence-electron chi connectivity index (χ0n) is 18.7. The molecule has 0 aliphatic carbocycles. The van der Waals surface area contributed by atoms with E-state index in [4.69, 9.17) is 9.72 Å². The van der Waals surface area contributed by atoms with Crippen LogP contribution in [0.25, 0.3) is 10.6 Å². The summed E-state index contributed by atoms with van der Waals surface area (Å²) >= 11 is 1.54. The standard InChI is InChI=1S/C26H27N3O3S/c1-18-9-11-19(12-10-18)25-27-20(17-33-25)15-24(30)29-16-23(26(31)28-13-5-2-6-14-28)32-22-8-4-3-7-21(22)29/h3-4,7-12,17,23H,2,5-6,13-16H2,1H3/t23-/m0/s1. The third-order valence-electron chi connectivity index (χ3n) is 6.20. The number of para-hydroxylation sites is 2. The van der Waals surface area contributed by atoms with Crippen LogP contribution >= 0.6 is 11.3 Å². The van der Waals surface area contributed by atoms with Gasteiger partial charge in [0, 0.05) is 24.0 Å². The van der Waals surface area contributed by atoms with E-state index in [0.717, 1.165) is 48.6 Å². The van der Waals surface area contributed by atoms with Crippen molar-refractivity contribution >= 4 is 28.8 Å². The second-order valence-electron chi connectivity index (χ2n) is 8.65. The van der Waals surface area contributed by atoms with Crippen LogP contribution in [0.1, 0.15) is 30.5 Å². The molecule has 2 aliphatic heterocycles. The quantitative estimate of drug-likeness (QED) is 0.575. The Balaban J connectivity index is 1.34. The lowest BCUT2D eigenvalue weighted by Gasteiger charge is -2.37. The van der Waals surface area contributed by atoms with Crippen LogP contribution in [0.15, 0.2) is 53.9 Å². The molecule has 1 aromatic heterocycles. The van der Waals surface area contributed by atoms with Crippen molar-refractivity contribution in [3.63, 3.8) is 0 Å². The number of hydrogen-bond donors (Lipinski definition) is 0. The smallest absolute Gasteiger partial charge is 0.265 e. The topological polar surface area (TPSA) is 62.7 Å². The van der Waals surface area contributed by atoms with Crippen LogP contribution in [-0.2, 0) is 16.0 Å². The predicted octanol–water partition coefficient (Wildman–Crippen LogP) is 4.47. The Morgan fingerprint density at radius 2 is 1.82 bits per heavy atom. The van der Waals surface area contributed by atoms with Gasteiger partial charge in [0.25, 0.3) is 5.91 Å². The van der Waals surface area contributed by atoms with E-state index < -0.39 is 6.10 Å². The molecular weight excluding hydrogens is 434 g/mol. The summed E-state index contributed by atoms with van der Waals surface area (Å²) < 4.78 is 6.05. The molecule has 0 N–H and O–H groups in total. The first-order valence-corrected chi connectivity index (χ1v) is 12.3. The summed E-state index contributed by atoms with van der Waals surface area (Å²) in [5, 5.41) is 2.84. The van der Waals surface area contributed by atoms with Crippen molar-refractivity contribution in [1.29, 1.82) is 0 Å². The van der Waals surface area contributed by atoms with Crippen LogP contribution in [0, 0.1) is 6.92 Å². The fraction of sp³-hybridized carbons (Fsp3) is 0.346. The Morgan fingerprint density at radius 1 is 1.06 bits per heavy atom. The van der Waals surface area contributed by atoms with Crippen LogP contribution in [0.2, 0.25) is 0 Å². The van der Waals surface area contributed by atoms with Crippen molar-refractivity contribution in [3.05, 3.63) is 65.2 Å². The molecular formula is C26H27N3O3S. The molecule has 2 amide bonds. The maximum atomic E-state index is 13.4. The summed E-state index contributed by atoms with van der Waals surface area (Å²) in [6.07, 6.45) is 2.69. The number of benzene rings is 2. The van der Waals surface area contributed by atoms with Crippen LogP contribution < -0.4 is 9.64 Å². The number of aryl methyl sites for hydroxylation is 1. The highest BCUT2D eigenvalue weighted by molar-refractivity contribution is 7.13. The number of carbonyl (C=O) groups is 2. The maximum absolute atomic E-state index is 13.4. The van der Waals surface area contributed by atoms with Crippen molar-refractivity contribution < 1.29 is 14.3 Å². The number of amides is 2. The molecule has 1 saturated heterocycles. The Labute approximate surface area is 197 Å². The second kappa shape index (κ2) is 9.35. The largest absolute Gasteiger partial charge is 0.476 e. The lowest BCUT2D eigenvalue weighted by Crippen LogP contribution is -2.53. The van der Waals surface area contributed by atoms with Crippen LogP contribution in [-0.4, -0.2) is 47.4 Å². The number of rotatable bonds is 4. The number of hydrogen-bond acceptors (Lipinski definition) is 5. The molecule has 33 heavy (non-hydrogen) atoms. The monoisotopic (exact) mass is 461 g/mol. The van der Waals surface area contributed by atoms with Crippen LogP contribution in [0.4, 0.5) is 5.69 Å². The molecule has 0 radical (unpaired) electrons. The number of aromatic nitrogens is 1. The molecule has 2 aliphatic rings. The van der Waals surface area contributed by atoms with Gasteiger partial charge in [0.1, 0.15) is 10.8 Å².